The Morgan fingerprint density at radius 3 is 1.67 bits per heavy atom. The molecule has 13 unspecified atom stereocenters. The second kappa shape index (κ2) is 19.4. The number of amides is 2. The molecule has 14 N–H and O–H groups in total. The number of carboxylic acids is 1. The SMILES string of the molecule is CC(=O)NC1C(O)[C@H](O)C(CO)O[C@H]1O[C@@H]1C(CO[C@@H]2OC(C)[C@@H](O)C(O)C2O)O[C@@H](OCC(N)C(=O)O)C(NC(C)=O)C1O[C@@H]1OC(C)[C@@H](O)C(O)C1O. The maximum absolute atomic E-state index is 12.7. The molecule has 24 heteroatoms. The highest BCUT2D eigenvalue weighted by Crippen LogP contribution is 2.35. The predicted octanol–water partition coefficient (Wildman–Crippen LogP) is -7.97. The van der Waals surface area contributed by atoms with Crippen molar-refractivity contribution >= 4 is 17.8 Å². The van der Waals surface area contributed by atoms with Gasteiger partial charge in [0.05, 0.1) is 32.0 Å². The molecule has 24 nitrogen and oxygen atoms in total. The van der Waals surface area contributed by atoms with Crippen molar-refractivity contribution < 1.29 is 103 Å². The molecule has 318 valence electrons. The Morgan fingerprint density at radius 1 is 0.618 bits per heavy atom. The highest BCUT2D eigenvalue weighted by atomic mass is 16.8. The molecular formula is C31H53N3O21. The van der Waals surface area contributed by atoms with Crippen LogP contribution in [-0.2, 0) is 52.3 Å². The summed E-state index contributed by atoms with van der Waals surface area (Å²) in [5, 5.41) is 109. The zero-order valence-corrected chi connectivity index (χ0v) is 30.3. The van der Waals surface area contributed by atoms with E-state index < -0.39 is 166 Å². The monoisotopic (exact) mass is 803 g/mol. The Hall–Kier alpha value is -2.31. The Morgan fingerprint density at radius 2 is 1.13 bits per heavy atom. The second-order valence-corrected chi connectivity index (χ2v) is 13.9. The first-order valence-corrected chi connectivity index (χ1v) is 17.5. The van der Waals surface area contributed by atoms with Crippen molar-refractivity contribution in [2.45, 2.75) is 156 Å². The summed E-state index contributed by atoms with van der Waals surface area (Å²) < 4.78 is 47.1. The number of nitrogens with two attached hydrogens (primary N) is 1. The van der Waals surface area contributed by atoms with E-state index in [1.54, 1.807) is 0 Å². The van der Waals surface area contributed by atoms with Gasteiger partial charge in [0, 0.05) is 13.8 Å². The molecule has 0 aromatic rings. The molecule has 0 aromatic heterocycles. The molecule has 0 bridgehead atoms. The smallest absolute Gasteiger partial charge is 0.322 e. The van der Waals surface area contributed by atoms with Gasteiger partial charge in [0.15, 0.2) is 25.2 Å². The fourth-order valence-corrected chi connectivity index (χ4v) is 6.53. The average molecular weight is 804 g/mol. The minimum atomic E-state index is -1.95. The number of rotatable bonds is 14. The number of carbonyl (C=O) groups is 3. The van der Waals surface area contributed by atoms with E-state index in [1.165, 1.54) is 13.8 Å². The number of aliphatic carboxylic acids is 1. The lowest BCUT2D eigenvalue weighted by atomic mass is 9.93. The van der Waals surface area contributed by atoms with E-state index in [-0.39, 0.29) is 0 Å². The number of aliphatic hydroxyl groups is 9. The maximum Gasteiger partial charge on any atom is 0.322 e. The number of hydrogen-bond acceptors (Lipinski definition) is 21. The van der Waals surface area contributed by atoms with Crippen LogP contribution in [0, 0.1) is 0 Å². The van der Waals surface area contributed by atoms with Gasteiger partial charge in [0.1, 0.15) is 91.4 Å². The molecule has 0 saturated carbocycles. The Balaban J connectivity index is 1.81. The summed E-state index contributed by atoms with van der Waals surface area (Å²) in [5.41, 5.74) is 5.67. The van der Waals surface area contributed by atoms with Crippen LogP contribution in [0.1, 0.15) is 27.7 Å². The van der Waals surface area contributed by atoms with E-state index in [4.69, 9.17) is 43.6 Å². The van der Waals surface area contributed by atoms with Gasteiger partial charge < -0.3 is 105 Å². The summed E-state index contributed by atoms with van der Waals surface area (Å²) in [5.74, 6) is -2.94. The molecular weight excluding hydrogens is 750 g/mol. The van der Waals surface area contributed by atoms with Crippen molar-refractivity contribution in [3.8, 4) is 0 Å². The van der Waals surface area contributed by atoms with Crippen molar-refractivity contribution in [3.05, 3.63) is 0 Å². The molecule has 0 radical (unpaired) electrons. The molecule has 0 aromatic carbocycles. The Kier molecular flexibility index (Phi) is 16.0. The normalized spacial score (nSPS) is 45.7. The van der Waals surface area contributed by atoms with E-state index in [2.05, 4.69) is 10.6 Å². The number of hydrogen-bond donors (Lipinski definition) is 13. The number of aliphatic hydroxyl groups excluding tert-OH is 9. The number of carboxylic acid groups (broad SMARTS) is 1. The van der Waals surface area contributed by atoms with Crippen molar-refractivity contribution in [2.75, 3.05) is 19.8 Å². The van der Waals surface area contributed by atoms with E-state index in [0.29, 0.717) is 0 Å². The molecule has 4 fully saturated rings. The lowest BCUT2D eigenvalue weighted by Crippen LogP contribution is -2.71. The van der Waals surface area contributed by atoms with E-state index in [0.717, 1.165) is 13.8 Å². The van der Waals surface area contributed by atoms with Gasteiger partial charge in [0.25, 0.3) is 0 Å². The van der Waals surface area contributed by atoms with Gasteiger partial charge in [0.2, 0.25) is 11.8 Å². The molecule has 4 rings (SSSR count). The molecule has 4 saturated heterocycles. The van der Waals surface area contributed by atoms with Gasteiger partial charge in [-0.15, -0.1) is 0 Å². The van der Waals surface area contributed by atoms with Crippen molar-refractivity contribution in [2.24, 2.45) is 5.73 Å². The van der Waals surface area contributed by atoms with E-state index in [1.807, 2.05) is 0 Å². The van der Waals surface area contributed by atoms with Crippen LogP contribution in [0.15, 0.2) is 0 Å². The van der Waals surface area contributed by atoms with Crippen molar-refractivity contribution in [3.63, 3.8) is 0 Å². The van der Waals surface area contributed by atoms with Crippen molar-refractivity contribution in [1.82, 2.24) is 10.6 Å². The number of nitrogens with one attached hydrogen (secondary N) is 2. The molecule has 4 heterocycles. The van der Waals surface area contributed by atoms with Gasteiger partial charge in [-0.25, -0.2) is 0 Å². The molecule has 2 amide bonds. The van der Waals surface area contributed by atoms with Gasteiger partial charge in [-0.3, -0.25) is 14.4 Å². The first-order chi connectivity index (χ1) is 25.8. The fourth-order valence-electron chi connectivity index (χ4n) is 6.53. The summed E-state index contributed by atoms with van der Waals surface area (Å²) in [6, 6.07) is -4.74. The molecule has 0 aliphatic carbocycles. The first kappa shape index (κ1) is 45.4. The summed E-state index contributed by atoms with van der Waals surface area (Å²) in [7, 11) is 0. The number of carbonyl (C=O) groups excluding carboxylic acids is 2. The van der Waals surface area contributed by atoms with Crippen LogP contribution in [-0.4, -0.2) is 217 Å². The highest BCUT2D eigenvalue weighted by Gasteiger charge is 2.56. The predicted molar refractivity (Wildman–Crippen MR) is 174 cm³/mol. The van der Waals surface area contributed by atoms with Gasteiger partial charge in [-0.1, -0.05) is 0 Å². The third kappa shape index (κ3) is 10.6. The van der Waals surface area contributed by atoms with Crippen LogP contribution in [0.25, 0.3) is 0 Å². The summed E-state index contributed by atoms with van der Waals surface area (Å²) >= 11 is 0. The molecule has 4 aliphatic heterocycles. The average Bonchev–Trinajstić information content (AvgIpc) is 3.12. The second-order valence-electron chi connectivity index (χ2n) is 13.9. The highest BCUT2D eigenvalue weighted by molar-refractivity contribution is 5.74. The molecule has 4 aliphatic rings. The summed E-state index contributed by atoms with van der Waals surface area (Å²) in [6.07, 6.45) is -29.6. The van der Waals surface area contributed by atoms with Gasteiger partial charge in [-0.2, -0.15) is 0 Å². The molecule has 21 atom stereocenters. The summed E-state index contributed by atoms with van der Waals surface area (Å²) in [4.78, 5) is 36.5. The topological polar surface area (TPSA) is 377 Å². The largest absolute Gasteiger partial charge is 0.480 e. The van der Waals surface area contributed by atoms with Crippen LogP contribution in [0.3, 0.4) is 0 Å². The van der Waals surface area contributed by atoms with Crippen LogP contribution in [0.4, 0.5) is 0 Å². The third-order valence-electron chi connectivity index (χ3n) is 9.65. The first-order valence-electron chi connectivity index (χ1n) is 17.5. The fraction of sp³-hybridized carbons (Fsp3) is 0.903. The standard InChI is InChI=1S/C31H53N3O21/c1-8-17(38)21(42)23(44)30(50-8)49-7-14-25(54-29-15(33-10(3)36)20(41)19(40)13(5-35)52-29)26(55-31-24(45)22(43)18(39)9(2)51-31)16(34-11(4)37)28(53-14)48-6-12(32)27(46)47/h8-9,12-26,28-31,35,38-45H,5-7,32H2,1-4H3,(H,33,36)(H,34,37)(H,46,47)/t8?,9?,12?,13?,14?,15?,16?,17-,18-,19-,20?,21?,22?,23?,24?,25-,26?,28-,29+,30-,31+/m1/s1. The molecule has 0 spiro atoms. The number of ether oxygens (including phenoxy) is 8. The Labute approximate surface area is 313 Å². The van der Waals surface area contributed by atoms with Crippen LogP contribution in [0.2, 0.25) is 0 Å². The van der Waals surface area contributed by atoms with Crippen LogP contribution >= 0.6 is 0 Å². The zero-order valence-electron chi connectivity index (χ0n) is 30.3. The Bertz CT molecular complexity index is 1290. The lowest BCUT2D eigenvalue weighted by Gasteiger charge is -2.51. The quantitative estimate of drug-likeness (QED) is 0.0775. The van der Waals surface area contributed by atoms with Crippen LogP contribution < -0.4 is 16.4 Å². The van der Waals surface area contributed by atoms with Crippen molar-refractivity contribution in [1.29, 1.82) is 0 Å². The maximum atomic E-state index is 12.7. The third-order valence-corrected chi connectivity index (χ3v) is 9.65. The van der Waals surface area contributed by atoms with Crippen LogP contribution in [0.5, 0.6) is 0 Å². The minimum absolute atomic E-state index is 0.711. The van der Waals surface area contributed by atoms with Gasteiger partial charge in [-0.05, 0) is 13.8 Å². The zero-order chi connectivity index (χ0) is 41.0. The lowest BCUT2D eigenvalue weighted by molar-refractivity contribution is -0.371. The minimum Gasteiger partial charge on any atom is -0.480 e. The summed E-state index contributed by atoms with van der Waals surface area (Å²) in [6.45, 7) is 2.62. The van der Waals surface area contributed by atoms with E-state index in [9.17, 15) is 65.4 Å². The van der Waals surface area contributed by atoms with Gasteiger partial charge >= 0.3 is 5.97 Å². The molecule has 55 heavy (non-hydrogen) atoms. The van der Waals surface area contributed by atoms with E-state index >= 15 is 0 Å².